The molecule has 0 bridgehead atoms. The van der Waals surface area contributed by atoms with Gasteiger partial charge in [0.25, 0.3) is 0 Å². The molecular weight excluding hydrogens is 343 g/mol. The average Bonchev–Trinajstić information content (AvgIpc) is 3.09. The van der Waals surface area contributed by atoms with E-state index in [1.807, 2.05) is 12.1 Å². The van der Waals surface area contributed by atoms with E-state index in [2.05, 4.69) is 11.9 Å². The van der Waals surface area contributed by atoms with Crippen molar-refractivity contribution in [1.82, 2.24) is 4.90 Å². The molecule has 0 atom stereocenters. The van der Waals surface area contributed by atoms with Crippen LogP contribution in [0.25, 0.3) is 5.57 Å². The number of nitrogens with zero attached hydrogens (tertiary/aromatic N) is 1. The molecule has 6 heteroatoms. The van der Waals surface area contributed by atoms with E-state index in [-0.39, 0.29) is 18.4 Å². The van der Waals surface area contributed by atoms with Crippen molar-refractivity contribution in [1.29, 1.82) is 0 Å². The Morgan fingerprint density at radius 1 is 1.26 bits per heavy atom. The van der Waals surface area contributed by atoms with Crippen molar-refractivity contribution in [3.63, 3.8) is 0 Å². The molecule has 0 aromatic heterocycles. The summed E-state index contributed by atoms with van der Waals surface area (Å²) in [6, 6.07) is 9.86. The Morgan fingerprint density at radius 2 is 2.07 bits per heavy atom. The summed E-state index contributed by atoms with van der Waals surface area (Å²) < 4.78 is 13.9. The Balaban J connectivity index is 1.81. The number of hydrogen-bond donors (Lipinski definition) is 3. The molecule has 1 aliphatic rings. The summed E-state index contributed by atoms with van der Waals surface area (Å²) in [6.07, 6.45) is 6.62. The summed E-state index contributed by atoms with van der Waals surface area (Å²) in [5.41, 5.74) is 15.5. The van der Waals surface area contributed by atoms with E-state index in [9.17, 15) is 9.18 Å². The van der Waals surface area contributed by atoms with Crippen LogP contribution in [0.4, 0.5) is 20.6 Å². The van der Waals surface area contributed by atoms with Crippen molar-refractivity contribution in [3.05, 3.63) is 89.9 Å². The molecular formula is C21H21FN4O. The molecule has 0 spiro atoms. The van der Waals surface area contributed by atoms with Crippen LogP contribution in [0.1, 0.15) is 16.7 Å². The van der Waals surface area contributed by atoms with E-state index >= 15 is 0 Å². The summed E-state index contributed by atoms with van der Waals surface area (Å²) in [4.78, 5) is 14.2. The Bertz CT molecular complexity index is 949. The van der Waals surface area contributed by atoms with Gasteiger partial charge in [-0.2, -0.15) is 0 Å². The van der Waals surface area contributed by atoms with E-state index in [1.165, 1.54) is 12.3 Å². The monoisotopic (exact) mass is 364 g/mol. The number of nitrogens with two attached hydrogens (primary N) is 2. The zero-order valence-corrected chi connectivity index (χ0v) is 14.8. The Kier molecular flexibility index (Phi) is 5.26. The molecule has 2 aromatic rings. The van der Waals surface area contributed by atoms with Crippen molar-refractivity contribution >= 4 is 23.0 Å². The van der Waals surface area contributed by atoms with Crippen molar-refractivity contribution in [2.45, 2.75) is 13.1 Å². The van der Waals surface area contributed by atoms with Crippen LogP contribution in [0, 0.1) is 5.82 Å². The van der Waals surface area contributed by atoms with E-state index in [4.69, 9.17) is 11.5 Å². The quantitative estimate of drug-likeness (QED) is 0.566. The molecule has 3 rings (SSSR count). The minimum absolute atomic E-state index is 0.227. The molecule has 1 aliphatic heterocycles. The molecule has 0 radical (unpaired) electrons. The zero-order valence-electron chi connectivity index (χ0n) is 14.8. The number of carbonyl (C=O) groups excluding carboxylic acids is 1. The van der Waals surface area contributed by atoms with E-state index < -0.39 is 0 Å². The highest BCUT2D eigenvalue weighted by molar-refractivity contribution is 5.94. The number of fused-ring (bicyclic) bond motifs is 1. The highest BCUT2D eigenvalue weighted by Gasteiger charge is 2.26. The molecule has 0 fully saturated rings. The minimum Gasteiger partial charge on any atom is -0.405 e. The number of anilines is 2. The molecule has 0 saturated carbocycles. The second kappa shape index (κ2) is 7.78. The molecule has 0 unspecified atom stereocenters. The minimum atomic E-state index is -0.335. The third-order valence-corrected chi connectivity index (χ3v) is 4.41. The Labute approximate surface area is 157 Å². The number of carbonyl (C=O) groups is 1. The summed E-state index contributed by atoms with van der Waals surface area (Å²) in [6.45, 7) is 4.28. The topological polar surface area (TPSA) is 84.4 Å². The summed E-state index contributed by atoms with van der Waals surface area (Å²) >= 11 is 0. The predicted octanol–water partition coefficient (Wildman–Crippen LogP) is 4.00. The number of halogens is 1. The lowest BCUT2D eigenvalue weighted by Crippen LogP contribution is -2.30. The first-order chi connectivity index (χ1) is 13.0. The maximum atomic E-state index is 13.9. The van der Waals surface area contributed by atoms with Gasteiger partial charge in [-0.3, -0.25) is 0 Å². The van der Waals surface area contributed by atoms with Crippen LogP contribution in [0.3, 0.4) is 0 Å². The Morgan fingerprint density at radius 3 is 2.78 bits per heavy atom. The molecule has 138 valence electrons. The van der Waals surface area contributed by atoms with Gasteiger partial charge >= 0.3 is 6.03 Å². The number of urea groups is 1. The van der Waals surface area contributed by atoms with Crippen LogP contribution in [0.15, 0.2) is 67.4 Å². The van der Waals surface area contributed by atoms with Crippen LogP contribution in [-0.2, 0) is 13.1 Å². The fourth-order valence-electron chi connectivity index (χ4n) is 3.04. The average molecular weight is 364 g/mol. The van der Waals surface area contributed by atoms with Crippen LogP contribution in [0.2, 0.25) is 0 Å². The lowest BCUT2D eigenvalue weighted by atomic mass is 10.0. The number of amides is 2. The fraction of sp³-hybridized carbons (Fsp3) is 0.0952. The van der Waals surface area contributed by atoms with E-state index in [0.717, 1.165) is 16.7 Å². The van der Waals surface area contributed by atoms with E-state index in [0.29, 0.717) is 23.5 Å². The maximum Gasteiger partial charge on any atom is 0.322 e. The molecule has 5 nitrogen and oxygen atoms in total. The van der Waals surface area contributed by atoms with Gasteiger partial charge in [-0.15, -0.1) is 0 Å². The number of hydrogen-bond acceptors (Lipinski definition) is 3. The first-order valence-corrected chi connectivity index (χ1v) is 8.46. The predicted molar refractivity (Wildman–Crippen MR) is 107 cm³/mol. The molecule has 0 aliphatic carbocycles. The lowest BCUT2D eigenvalue weighted by molar-refractivity contribution is 0.212. The Hall–Kier alpha value is -3.54. The van der Waals surface area contributed by atoms with Gasteiger partial charge < -0.3 is 21.7 Å². The molecule has 2 amide bonds. The van der Waals surface area contributed by atoms with Gasteiger partial charge in [0.1, 0.15) is 5.82 Å². The van der Waals surface area contributed by atoms with Crippen molar-refractivity contribution in [2.24, 2.45) is 5.73 Å². The molecule has 2 aromatic carbocycles. The maximum absolute atomic E-state index is 13.9. The van der Waals surface area contributed by atoms with E-state index in [1.54, 1.807) is 41.3 Å². The van der Waals surface area contributed by atoms with Crippen LogP contribution < -0.4 is 16.8 Å². The lowest BCUT2D eigenvalue weighted by Gasteiger charge is -2.18. The summed E-state index contributed by atoms with van der Waals surface area (Å²) in [5, 5.41) is 2.82. The van der Waals surface area contributed by atoms with Crippen molar-refractivity contribution in [2.75, 3.05) is 11.1 Å². The normalized spacial score (nSPS) is 13.7. The number of benzene rings is 2. The van der Waals surface area contributed by atoms with Gasteiger partial charge in [0.2, 0.25) is 0 Å². The highest BCUT2D eigenvalue weighted by atomic mass is 19.1. The van der Waals surface area contributed by atoms with Crippen molar-refractivity contribution < 1.29 is 9.18 Å². The second-order valence-electron chi connectivity index (χ2n) is 6.18. The first kappa shape index (κ1) is 18.3. The van der Waals surface area contributed by atoms with Gasteiger partial charge in [-0.1, -0.05) is 36.9 Å². The standard InChI is InChI=1S/C21H21FN4O/c1-2-4-14(9-10-23)15-7-8-19(24)20(11-15)25-21(27)26-12-16-5-3-6-18(22)17(16)13-26/h2-11H,1,12-13,23-24H2,(H,25,27)/b10-9-,14-4+. The first-order valence-electron chi connectivity index (χ1n) is 8.46. The zero-order chi connectivity index (χ0) is 19.4. The van der Waals surface area contributed by atoms with Gasteiger partial charge in [0.05, 0.1) is 17.9 Å². The number of nitrogens with one attached hydrogen (secondary N) is 1. The third-order valence-electron chi connectivity index (χ3n) is 4.41. The van der Waals surface area contributed by atoms with Crippen LogP contribution in [-0.4, -0.2) is 10.9 Å². The highest BCUT2D eigenvalue weighted by Crippen LogP contribution is 2.28. The number of rotatable bonds is 4. The summed E-state index contributed by atoms with van der Waals surface area (Å²) in [5.74, 6) is -0.294. The van der Waals surface area contributed by atoms with Gasteiger partial charge in [0, 0.05) is 12.1 Å². The molecule has 27 heavy (non-hydrogen) atoms. The largest absolute Gasteiger partial charge is 0.405 e. The number of allylic oxidation sites excluding steroid dienone is 4. The third kappa shape index (κ3) is 3.84. The smallest absolute Gasteiger partial charge is 0.322 e. The molecule has 0 saturated heterocycles. The van der Waals surface area contributed by atoms with Crippen molar-refractivity contribution in [3.8, 4) is 0 Å². The molecule has 5 N–H and O–H groups in total. The van der Waals surface area contributed by atoms with Gasteiger partial charge in [-0.05, 0) is 47.2 Å². The molecule has 1 heterocycles. The van der Waals surface area contributed by atoms with Crippen LogP contribution in [0.5, 0.6) is 0 Å². The fourth-order valence-corrected chi connectivity index (χ4v) is 3.04. The van der Waals surface area contributed by atoms with Gasteiger partial charge in [0.15, 0.2) is 0 Å². The SMILES string of the molecule is C=C/C=C(\C=C/N)c1ccc(N)c(NC(=O)N2Cc3cccc(F)c3C2)c1. The van der Waals surface area contributed by atoms with Crippen LogP contribution >= 0.6 is 0 Å². The van der Waals surface area contributed by atoms with Gasteiger partial charge in [-0.25, -0.2) is 9.18 Å². The number of nitrogen functional groups attached to an aromatic ring is 1. The summed E-state index contributed by atoms with van der Waals surface area (Å²) in [7, 11) is 0. The second-order valence-corrected chi connectivity index (χ2v) is 6.18.